The van der Waals surface area contributed by atoms with Crippen LogP contribution in [0, 0.1) is 0 Å². The first-order valence-electron chi connectivity index (χ1n) is 13.6. The zero-order valence-electron chi connectivity index (χ0n) is 22.7. The van der Waals surface area contributed by atoms with E-state index in [1.165, 1.54) is 0 Å². The van der Waals surface area contributed by atoms with Gasteiger partial charge in [-0.25, -0.2) is 9.59 Å². The van der Waals surface area contributed by atoms with E-state index in [0.29, 0.717) is 31.5 Å². The number of cyclic esters (lactones) is 4. The molecule has 3 unspecified atom stereocenters. The summed E-state index contributed by atoms with van der Waals surface area (Å²) < 4.78 is 47.9. The third kappa shape index (κ3) is 7.04. The molecule has 11 nitrogen and oxygen atoms in total. The Morgan fingerprint density at radius 1 is 0.571 bits per heavy atom. The molecule has 0 N–H and O–H groups in total. The van der Waals surface area contributed by atoms with Crippen molar-refractivity contribution in [2.24, 2.45) is 0 Å². The number of carbonyl (C=O) groups is 2. The molecule has 6 rings (SSSR count). The second kappa shape index (κ2) is 13.0. The average Bonchev–Trinajstić information content (AvgIpc) is 3.79. The van der Waals surface area contributed by atoms with Gasteiger partial charge in [-0.2, -0.15) is 0 Å². The van der Waals surface area contributed by atoms with Gasteiger partial charge in [-0.1, -0.05) is 36.4 Å². The van der Waals surface area contributed by atoms with Crippen LogP contribution in [-0.2, 0) is 28.4 Å². The van der Waals surface area contributed by atoms with Crippen LogP contribution in [0.4, 0.5) is 9.59 Å². The first-order chi connectivity index (χ1) is 20.6. The summed E-state index contributed by atoms with van der Waals surface area (Å²) in [6.07, 6.45) is -2.27. The van der Waals surface area contributed by atoms with Crippen molar-refractivity contribution in [2.45, 2.75) is 24.2 Å². The van der Waals surface area contributed by atoms with Gasteiger partial charge >= 0.3 is 12.3 Å². The molecule has 3 aliphatic heterocycles. The zero-order chi connectivity index (χ0) is 28.7. The van der Waals surface area contributed by atoms with Crippen molar-refractivity contribution < 1.29 is 52.2 Å². The third-order valence-electron chi connectivity index (χ3n) is 6.94. The standard InChI is InChI=1S/C31H30O11/c32-30-38-17-27(41-30)15-36-24-9-3-21(4-10-24)29(20-1-7-23(8-2-20)35-14-26-13-34-19-40-26)22-5-11-25(12-6-22)37-16-28-18-39-31(33)42-28/h1-12,26-29H,13-19H2. The fraction of sp³-hybridized carbons (Fsp3) is 0.355. The third-order valence-corrected chi connectivity index (χ3v) is 6.94. The van der Waals surface area contributed by atoms with Crippen LogP contribution in [0.2, 0.25) is 0 Å². The molecule has 0 aromatic heterocycles. The van der Waals surface area contributed by atoms with E-state index < -0.39 is 24.5 Å². The molecule has 3 aliphatic rings. The summed E-state index contributed by atoms with van der Waals surface area (Å²) in [6, 6.07) is 23.6. The van der Waals surface area contributed by atoms with Crippen molar-refractivity contribution in [1.29, 1.82) is 0 Å². The predicted octanol–water partition coefficient (Wildman–Crippen LogP) is 4.45. The summed E-state index contributed by atoms with van der Waals surface area (Å²) in [4.78, 5) is 22.3. The van der Waals surface area contributed by atoms with Gasteiger partial charge in [0.25, 0.3) is 0 Å². The van der Waals surface area contributed by atoms with Crippen LogP contribution in [0.3, 0.4) is 0 Å². The molecular weight excluding hydrogens is 548 g/mol. The highest BCUT2D eigenvalue weighted by molar-refractivity contribution is 5.62. The molecule has 0 bridgehead atoms. The maximum atomic E-state index is 11.2. The summed E-state index contributed by atoms with van der Waals surface area (Å²) in [5.41, 5.74) is 3.16. The van der Waals surface area contributed by atoms with Crippen LogP contribution < -0.4 is 14.2 Å². The Balaban J connectivity index is 1.16. The number of carbonyl (C=O) groups excluding carboxylic acids is 2. The first-order valence-corrected chi connectivity index (χ1v) is 13.6. The van der Waals surface area contributed by atoms with E-state index in [1.54, 1.807) is 0 Å². The van der Waals surface area contributed by atoms with Gasteiger partial charge in [0.05, 0.1) is 6.61 Å². The lowest BCUT2D eigenvalue weighted by Gasteiger charge is -2.21. The lowest BCUT2D eigenvalue weighted by Crippen LogP contribution is -2.20. The monoisotopic (exact) mass is 578 g/mol. The van der Waals surface area contributed by atoms with Crippen LogP contribution in [0.5, 0.6) is 17.2 Å². The minimum atomic E-state index is -0.675. The summed E-state index contributed by atoms with van der Waals surface area (Å²) in [5, 5.41) is 0. The van der Waals surface area contributed by atoms with Crippen LogP contribution >= 0.6 is 0 Å². The highest BCUT2D eigenvalue weighted by Gasteiger charge is 2.27. The van der Waals surface area contributed by atoms with E-state index in [-0.39, 0.29) is 38.4 Å². The molecule has 3 saturated heterocycles. The molecule has 3 atom stereocenters. The van der Waals surface area contributed by atoms with E-state index in [4.69, 9.17) is 42.6 Å². The predicted molar refractivity (Wildman–Crippen MR) is 145 cm³/mol. The highest BCUT2D eigenvalue weighted by atomic mass is 16.8. The van der Waals surface area contributed by atoms with Gasteiger partial charge in [-0.15, -0.1) is 0 Å². The van der Waals surface area contributed by atoms with Crippen molar-refractivity contribution in [3.8, 4) is 17.2 Å². The Labute approximate surface area is 242 Å². The Kier molecular flexibility index (Phi) is 8.57. The molecule has 3 fully saturated rings. The quantitative estimate of drug-likeness (QED) is 0.224. The van der Waals surface area contributed by atoms with E-state index >= 15 is 0 Å². The molecule has 3 aromatic carbocycles. The van der Waals surface area contributed by atoms with Gasteiger partial charge in [-0.05, 0) is 53.1 Å². The summed E-state index contributed by atoms with van der Waals surface area (Å²) in [7, 11) is 0. The first kappa shape index (κ1) is 27.7. The van der Waals surface area contributed by atoms with Gasteiger partial charge in [0.1, 0.15) is 63.2 Å². The van der Waals surface area contributed by atoms with E-state index in [2.05, 4.69) is 0 Å². The number of rotatable bonds is 12. The highest BCUT2D eigenvalue weighted by Crippen LogP contribution is 2.35. The molecule has 42 heavy (non-hydrogen) atoms. The van der Waals surface area contributed by atoms with Gasteiger partial charge in [-0.3, -0.25) is 0 Å². The lowest BCUT2D eigenvalue weighted by atomic mass is 9.85. The number of ether oxygens (including phenoxy) is 9. The number of hydrogen-bond acceptors (Lipinski definition) is 11. The minimum Gasteiger partial charge on any atom is -0.491 e. The average molecular weight is 579 g/mol. The molecule has 0 spiro atoms. The molecule has 0 aliphatic carbocycles. The fourth-order valence-corrected chi connectivity index (χ4v) is 4.78. The van der Waals surface area contributed by atoms with E-state index in [9.17, 15) is 9.59 Å². The number of benzene rings is 3. The Hall–Kier alpha value is -4.48. The smallest absolute Gasteiger partial charge is 0.491 e. The van der Waals surface area contributed by atoms with Crippen LogP contribution in [0.1, 0.15) is 22.6 Å². The topological polar surface area (TPSA) is 117 Å². The molecule has 0 radical (unpaired) electrons. The number of hydrogen-bond donors (Lipinski definition) is 0. The van der Waals surface area contributed by atoms with Gasteiger partial charge < -0.3 is 42.6 Å². The Morgan fingerprint density at radius 2 is 0.976 bits per heavy atom. The molecule has 3 aromatic rings. The van der Waals surface area contributed by atoms with Crippen molar-refractivity contribution in [2.75, 3.05) is 46.4 Å². The normalized spacial score (nSPS) is 22.0. The zero-order valence-corrected chi connectivity index (χ0v) is 22.7. The van der Waals surface area contributed by atoms with E-state index in [1.807, 2.05) is 72.8 Å². The molecule has 11 heteroatoms. The second-order valence-electron chi connectivity index (χ2n) is 9.95. The van der Waals surface area contributed by atoms with Crippen molar-refractivity contribution in [1.82, 2.24) is 0 Å². The van der Waals surface area contributed by atoms with Gasteiger partial charge in [0.15, 0.2) is 12.2 Å². The molecule has 0 saturated carbocycles. The summed E-state index contributed by atoms with van der Waals surface area (Å²) in [5.74, 6) is 1.96. The minimum absolute atomic E-state index is 0.0691. The largest absolute Gasteiger partial charge is 0.508 e. The van der Waals surface area contributed by atoms with Gasteiger partial charge in [0, 0.05) is 5.92 Å². The second-order valence-corrected chi connectivity index (χ2v) is 9.95. The fourth-order valence-electron chi connectivity index (χ4n) is 4.78. The Bertz CT molecular complexity index is 1260. The maximum absolute atomic E-state index is 11.2. The van der Waals surface area contributed by atoms with Crippen molar-refractivity contribution in [3.05, 3.63) is 89.5 Å². The Morgan fingerprint density at radius 3 is 1.31 bits per heavy atom. The SMILES string of the molecule is O=C1OCC(COc2ccc(C(c3ccc(OCC4COCO4)cc3)c3ccc(OCC4COC(=O)O4)cc3)cc2)O1. The molecular formula is C31H30O11. The summed E-state index contributed by atoms with van der Waals surface area (Å²) in [6.45, 7) is 2.03. The lowest BCUT2D eigenvalue weighted by molar-refractivity contribution is 0.0320. The van der Waals surface area contributed by atoms with Gasteiger partial charge in [0.2, 0.25) is 0 Å². The van der Waals surface area contributed by atoms with Crippen molar-refractivity contribution in [3.63, 3.8) is 0 Å². The molecule has 0 amide bonds. The van der Waals surface area contributed by atoms with E-state index in [0.717, 1.165) is 22.4 Å². The van der Waals surface area contributed by atoms with Crippen LogP contribution in [0.25, 0.3) is 0 Å². The van der Waals surface area contributed by atoms with Crippen LogP contribution in [-0.4, -0.2) is 77.1 Å². The van der Waals surface area contributed by atoms with Crippen LogP contribution in [0.15, 0.2) is 72.8 Å². The molecule has 220 valence electrons. The molecule has 3 heterocycles. The maximum Gasteiger partial charge on any atom is 0.508 e. The van der Waals surface area contributed by atoms with Crippen molar-refractivity contribution >= 4 is 12.3 Å². The summed E-state index contributed by atoms with van der Waals surface area (Å²) >= 11 is 0.